The molecule has 0 N–H and O–H groups in total. The van der Waals surface area contributed by atoms with Crippen molar-refractivity contribution in [1.29, 1.82) is 0 Å². The predicted octanol–water partition coefficient (Wildman–Crippen LogP) is 5.01. The third kappa shape index (κ3) is 3.21. The van der Waals surface area contributed by atoms with Gasteiger partial charge in [0.2, 0.25) is 6.79 Å². The number of anilines is 1. The SMILES string of the molecule is O=C1/C(=C\c2ccc3c(c2)OCO3)N=C(c2ccccc2Br)N1c1ccccc1. The van der Waals surface area contributed by atoms with Crippen molar-refractivity contribution >= 4 is 39.4 Å². The van der Waals surface area contributed by atoms with E-state index in [9.17, 15) is 4.79 Å². The van der Waals surface area contributed by atoms with E-state index in [1.807, 2.05) is 72.8 Å². The second-order valence-electron chi connectivity index (χ2n) is 6.53. The summed E-state index contributed by atoms with van der Waals surface area (Å²) in [7, 11) is 0. The standard InChI is InChI=1S/C23H15BrN2O3/c24-18-9-5-4-8-17(18)22-25-19(23(27)26(22)16-6-2-1-3-7-16)12-15-10-11-20-21(13-15)29-14-28-20/h1-13H,14H2/b19-12+. The highest BCUT2D eigenvalue weighted by atomic mass is 79.9. The number of hydrogen-bond donors (Lipinski definition) is 0. The number of halogens is 1. The molecule has 2 aliphatic heterocycles. The predicted molar refractivity (Wildman–Crippen MR) is 115 cm³/mol. The summed E-state index contributed by atoms with van der Waals surface area (Å²) < 4.78 is 11.7. The van der Waals surface area contributed by atoms with Gasteiger partial charge in [-0.05, 0) is 42.0 Å². The molecule has 0 aromatic heterocycles. The lowest BCUT2D eigenvalue weighted by Crippen LogP contribution is -2.32. The smallest absolute Gasteiger partial charge is 0.282 e. The highest BCUT2D eigenvalue weighted by Gasteiger charge is 2.33. The Labute approximate surface area is 176 Å². The summed E-state index contributed by atoms with van der Waals surface area (Å²) in [6.45, 7) is 0.209. The van der Waals surface area contributed by atoms with Crippen LogP contribution in [0.15, 0.2) is 88.0 Å². The summed E-state index contributed by atoms with van der Waals surface area (Å²) in [6.07, 6.45) is 1.77. The Kier molecular flexibility index (Phi) is 4.41. The molecular formula is C23H15BrN2O3. The number of benzene rings is 3. The van der Waals surface area contributed by atoms with Gasteiger partial charge in [0.25, 0.3) is 5.91 Å². The molecule has 3 aromatic carbocycles. The van der Waals surface area contributed by atoms with Crippen LogP contribution in [0.4, 0.5) is 5.69 Å². The first-order chi connectivity index (χ1) is 14.2. The van der Waals surface area contributed by atoms with Gasteiger partial charge in [0.1, 0.15) is 11.5 Å². The van der Waals surface area contributed by atoms with Crippen LogP contribution in [0.25, 0.3) is 6.08 Å². The molecule has 0 atom stereocenters. The van der Waals surface area contributed by atoms with E-state index in [1.54, 1.807) is 11.0 Å². The fourth-order valence-corrected chi connectivity index (χ4v) is 3.78. The van der Waals surface area contributed by atoms with Crippen molar-refractivity contribution in [3.63, 3.8) is 0 Å². The van der Waals surface area contributed by atoms with Crippen LogP contribution in [0.2, 0.25) is 0 Å². The van der Waals surface area contributed by atoms with Crippen LogP contribution in [-0.2, 0) is 4.79 Å². The number of para-hydroxylation sites is 1. The summed E-state index contributed by atoms with van der Waals surface area (Å²) in [5.41, 5.74) is 2.79. The highest BCUT2D eigenvalue weighted by Crippen LogP contribution is 2.34. The number of ether oxygens (including phenoxy) is 2. The van der Waals surface area contributed by atoms with Crippen LogP contribution in [0, 0.1) is 0 Å². The molecule has 0 spiro atoms. The van der Waals surface area contributed by atoms with Crippen molar-refractivity contribution in [2.75, 3.05) is 11.7 Å². The Morgan fingerprint density at radius 1 is 0.931 bits per heavy atom. The minimum Gasteiger partial charge on any atom is -0.454 e. The van der Waals surface area contributed by atoms with E-state index in [1.165, 1.54) is 0 Å². The van der Waals surface area contributed by atoms with E-state index >= 15 is 0 Å². The topological polar surface area (TPSA) is 51.1 Å². The van der Waals surface area contributed by atoms with Gasteiger partial charge in [-0.2, -0.15) is 0 Å². The molecule has 0 aliphatic carbocycles. The Morgan fingerprint density at radius 2 is 1.69 bits per heavy atom. The van der Waals surface area contributed by atoms with Crippen molar-refractivity contribution < 1.29 is 14.3 Å². The molecule has 29 heavy (non-hydrogen) atoms. The Balaban J connectivity index is 1.62. The first kappa shape index (κ1) is 17.7. The van der Waals surface area contributed by atoms with Gasteiger partial charge in [-0.1, -0.05) is 58.4 Å². The van der Waals surface area contributed by atoms with E-state index in [0.717, 1.165) is 21.3 Å². The molecule has 0 bridgehead atoms. The Hall–Kier alpha value is -3.38. The number of carbonyl (C=O) groups is 1. The zero-order valence-corrected chi connectivity index (χ0v) is 16.8. The van der Waals surface area contributed by atoms with Crippen molar-refractivity contribution in [1.82, 2.24) is 0 Å². The van der Waals surface area contributed by atoms with E-state index in [0.29, 0.717) is 23.0 Å². The number of nitrogens with zero attached hydrogens (tertiary/aromatic N) is 2. The first-order valence-electron chi connectivity index (χ1n) is 9.05. The fraction of sp³-hybridized carbons (Fsp3) is 0.0435. The summed E-state index contributed by atoms with van der Waals surface area (Å²) in [4.78, 5) is 19.6. The molecule has 142 valence electrons. The van der Waals surface area contributed by atoms with Crippen LogP contribution in [-0.4, -0.2) is 18.5 Å². The third-order valence-corrected chi connectivity index (χ3v) is 5.38. The number of carbonyl (C=O) groups excluding carboxylic acids is 1. The second-order valence-corrected chi connectivity index (χ2v) is 7.39. The number of rotatable bonds is 3. The molecule has 5 rings (SSSR count). The maximum absolute atomic E-state index is 13.3. The molecule has 0 radical (unpaired) electrons. The van der Waals surface area contributed by atoms with Gasteiger partial charge in [0.05, 0.1) is 5.69 Å². The summed E-state index contributed by atoms with van der Waals surface area (Å²) >= 11 is 3.58. The maximum Gasteiger partial charge on any atom is 0.282 e. The molecule has 0 unspecified atom stereocenters. The van der Waals surface area contributed by atoms with Crippen LogP contribution < -0.4 is 14.4 Å². The molecule has 0 fully saturated rings. The monoisotopic (exact) mass is 446 g/mol. The van der Waals surface area contributed by atoms with E-state index in [2.05, 4.69) is 15.9 Å². The number of hydrogen-bond acceptors (Lipinski definition) is 4. The summed E-state index contributed by atoms with van der Waals surface area (Å²) in [5, 5.41) is 0. The molecule has 6 heteroatoms. The number of amides is 1. The lowest BCUT2D eigenvalue weighted by molar-refractivity contribution is -0.113. The van der Waals surface area contributed by atoms with E-state index in [-0.39, 0.29) is 12.7 Å². The van der Waals surface area contributed by atoms with Gasteiger partial charge in [-0.15, -0.1) is 0 Å². The van der Waals surface area contributed by atoms with Crippen LogP contribution >= 0.6 is 15.9 Å². The average molecular weight is 447 g/mol. The lowest BCUT2D eigenvalue weighted by Gasteiger charge is -2.19. The molecule has 1 amide bonds. The third-order valence-electron chi connectivity index (χ3n) is 4.69. The quantitative estimate of drug-likeness (QED) is 0.531. The van der Waals surface area contributed by atoms with Gasteiger partial charge in [-0.3, -0.25) is 9.69 Å². The Bertz CT molecular complexity index is 1170. The van der Waals surface area contributed by atoms with Gasteiger partial charge in [-0.25, -0.2) is 4.99 Å². The van der Waals surface area contributed by atoms with Gasteiger partial charge < -0.3 is 9.47 Å². The van der Waals surface area contributed by atoms with Crippen molar-refractivity contribution in [3.8, 4) is 11.5 Å². The number of amidine groups is 1. The van der Waals surface area contributed by atoms with Crippen molar-refractivity contribution in [2.45, 2.75) is 0 Å². The minimum absolute atomic E-state index is 0.181. The molecule has 3 aromatic rings. The highest BCUT2D eigenvalue weighted by molar-refractivity contribution is 9.10. The minimum atomic E-state index is -0.181. The summed E-state index contributed by atoms with van der Waals surface area (Å²) in [5.74, 6) is 1.77. The average Bonchev–Trinajstić information content (AvgIpc) is 3.33. The van der Waals surface area contributed by atoms with Gasteiger partial charge >= 0.3 is 0 Å². The van der Waals surface area contributed by atoms with E-state index < -0.39 is 0 Å². The van der Waals surface area contributed by atoms with Crippen molar-refractivity contribution in [3.05, 3.63) is 94.1 Å². The first-order valence-corrected chi connectivity index (χ1v) is 9.84. The largest absolute Gasteiger partial charge is 0.454 e. The fourth-order valence-electron chi connectivity index (χ4n) is 3.32. The lowest BCUT2D eigenvalue weighted by atomic mass is 10.1. The molecule has 0 saturated carbocycles. The van der Waals surface area contributed by atoms with Crippen molar-refractivity contribution in [2.24, 2.45) is 4.99 Å². The summed E-state index contributed by atoms with van der Waals surface area (Å²) in [6, 6.07) is 22.8. The number of aliphatic imine (C=N–C) groups is 1. The Morgan fingerprint density at radius 3 is 2.52 bits per heavy atom. The van der Waals surface area contributed by atoms with Gasteiger partial charge in [0, 0.05) is 10.0 Å². The molecule has 5 nitrogen and oxygen atoms in total. The normalized spacial score (nSPS) is 16.4. The zero-order chi connectivity index (χ0) is 19.8. The van der Waals surface area contributed by atoms with Crippen LogP contribution in [0.5, 0.6) is 11.5 Å². The molecule has 2 aliphatic rings. The van der Waals surface area contributed by atoms with Crippen LogP contribution in [0.1, 0.15) is 11.1 Å². The molecule has 0 saturated heterocycles. The molecule has 2 heterocycles. The van der Waals surface area contributed by atoms with Crippen LogP contribution in [0.3, 0.4) is 0 Å². The zero-order valence-electron chi connectivity index (χ0n) is 15.2. The molecular weight excluding hydrogens is 432 g/mol. The van der Waals surface area contributed by atoms with Gasteiger partial charge in [0.15, 0.2) is 11.5 Å². The number of fused-ring (bicyclic) bond motifs is 1. The van der Waals surface area contributed by atoms with E-state index in [4.69, 9.17) is 14.5 Å². The maximum atomic E-state index is 13.3. The second kappa shape index (κ2) is 7.22.